The monoisotopic (exact) mass is 1430 g/mol. The van der Waals surface area contributed by atoms with Gasteiger partial charge in [0.15, 0.2) is 0 Å². The lowest BCUT2D eigenvalue weighted by atomic mass is 9.88. The fourth-order valence-electron chi connectivity index (χ4n) is 13.2. The van der Waals surface area contributed by atoms with Crippen LogP contribution in [-0.2, 0) is 23.7 Å². The Labute approximate surface area is 577 Å². The van der Waals surface area contributed by atoms with Gasteiger partial charge in [0.05, 0.1) is 0 Å². The van der Waals surface area contributed by atoms with Gasteiger partial charge in [-0.25, -0.2) is 0 Å². The third kappa shape index (κ3) is 9.92. The van der Waals surface area contributed by atoms with Crippen molar-refractivity contribution in [2.75, 3.05) is 0 Å². The number of thiophene rings is 10. The lowest BCUT2D eigenvalue weighted by Crippen LogP contribution is -2.16. The first-order valence-electron chi connectivity index (χ1n) is 29.9. The molecule has 0 unspecified atom stereocenters. The number of hydrogen-bond acceptors (Lipinski definition) is 10. The van der Waals surface area contributed by atoms with Crippen LogP contribution in [0.5, 0.6) is 0 Å². The van der Waals surface area contributed by atoms with Gasteiger partial charge in [-0.2, -0.15) is 35.1 Å². The van der Waals surface area contributed by atoms with Gasteiger partial charge in [0, 0.05) is 164 Å². The summed E-state index contributed by atoms with van der Waals surface area (Å²) in [5.74, 6) is -13.0. The summed E-state index contributed by atoms with van der Waals surface area (Å²) < 4.78 is 128. The zero-order valence-electron chi connectivity index (χ0n) is 51.1. The summed E-state index contributed by atoms with van der Waals surface area (Å²) in [5.41, 5.74) is 5.50. The first-order chi connectivity index (χ1) is 44.8. The predicted molar refractivity (Wildman–Crippen MR) is 388 cm³/mol. The van der Waals surface area contributed by atoms with Crippen molar-refractivity contribution >= 4 is 113 Å². The van der Waals surface area contributed by atoms with Crippen LogP contribution in [0, 0.1) is 55.4 Å². The Hall–Kier alpha value is -6.68. The molecule has 94 heavy (non-hydrogen) atoms. The number of benzene rings is 4. The molecule has 0 saturated heterocycles. The quantitative estimate of drug-likeness (QED) is 0.140. The molecule has 0 aliphatic heterocycles. The molecule has 0 atom stereocenters. The number of rotatable bonds is 7. The molecule has 10 aromatic heterocycles. The molecule has 10 heterocycles. The smallest absolute Gasteiger partial charge is 0.196 e. The van der Waals surface area contributed by atoms with Crippen LogP contribution in [0.25, 0.3) is 111 Å². The second kappa shape index (κ2) is 22.4. The second-order valence-corrected chi connectivity index (χ2v) is 35.6. The summed E-state index contributed by atoms with van der Waals surface area (Å²) >= 11 is 15.0. The summed E-state index contributed by atoms with van der Waals surface area (Å²) in [6.45, 7) is 15.4. The third-order valence-electron chi connectivity index (χ3n) is 17.7. The lowest BCUT2D eigenvalue weighted by molar-refractivity contribution is 0.0444. The van der Waals surface area contributed by atoms with Crippen LogP contribution in [0.4, 0.5) is 35.1 Å². The summed E-state index contributed by atoms with van der Waals surface area (Å²) in [7, 11) is 0. The van der Waals surface area contributed by atoms with Gasteiger partial charge in [0.2, 0.25) is 0 Å². The van der Waals surface area contributed by atoms with Crippen molar-refractivity contribution in [2.24, 2.45) is 0 Å². The molecule has 0 fully saturated rings. The minimum Gasteiger partial charge on any atom is -0.196 e. The molecule has 4 aliphatic carbocycles. The van der Waals surface area contributed by atoms with E-state index in [9.17, 15) is 0 Å². The van der Waals surface area contributed by atoms with Crippen LogP contribution in [0.15, 0.2) is 158 Å². The van der Waals surface area contributed by atoms with Crippen LogP contribution in [-0.4, -0.2) is 0 Å². The maximum absolute atomic E-state index is 16.5. The van der Waals surface area contributed by atoms with Gasteiger partial charge in [-0.05, 0) is 187 Å². The Morgan fingerprint density at radius 2 is 0.532 bits per heavy atom. The standard InChI is InChI=1S/C36H22F4S6.C28H16F4S3.C12H12S/c1-15-5-7-21(41-15)23-9-11-25(43-23)27-13-19-33(45-27)29-17(3)32-30(18(4)31(29)35(19,37)38)34-20(36(32,39)40)14-28(46-34)26-12-10-24(44-26)22-8-6-16(2)42-22;1-13-3-5-15(6-4-13)22-7-8-23(34-22)24-12-21-26(35-24)17-11-18-16(10-19(17)28(21,31)32)25-20(27(18,29)30)9-14(2)33-25;1-9-3-6-11(7-4-9)12-8-5-10(2)13-12/h5-14H,1-4H3;3-12H,1-2H3;3-8H,1-2H3. The van der Waals surface area contributed by atoms with Crippen LogP contribution < -0.4 is 0 Å². The van der Waals surface area contributed by atoms with Crippen molar-refractivity contribution in [3.05, 3.63) is 244 Å². The Bertz CT molecular complexity index is 5210. The molecule has 4 aromatic carbocycles. The SMILES string of the molecule is Cc1ccc(-c2ccc(-c3cc4c(s3)-c3c(C)c5c(c(C)c3C4(F)F)-c3sc(-c4ccc(-c6ccc(C)s6)s4)cc3C5(F)F)s2)s1.Cc1ccc(-c2ccc(-c3cc4c(s3)-c3cc5c(cc3C4(F)F)-c3sc(C)cc3C5(F)F)s2)cc1.Cc1ccc(-c2ccc(C)s2)cc1. The fraction of sp³-hybridized carbons (Fsp3) is 0.158. The van der Waals surface area contributed by atoms with E-state index in [1.54, 1.807) is 89.6 Å². The number of aryl methyl sites for hydroxylation is 6. The first-order valence-corrected chi connectivity index (χ1v) is 38.1. The number of halogens is 8. The molecule has 0 bridgehead atoms. The normalized spacial score (nSPS) is 14.9. The molecule has 4 aliphatic rings. The van der Waals surface area contributed by atoms with Gasteiger partial charge in [0.25, 0.3) is 0 Å². The lowest BCUT2D eigenvalue weighted by Gasteiger charge is -2.22. The van der Waals surface area contributed by atoms with Crippen LogP contribution in [0.2, 0.25) is 0 Å². The number of fused-ring (bicyclic) bond motifs is 12. The van der Waals surface area contributed by atoms with E-state index in [1.807, 2.05) is 78.9 Å². The summed E-state index contributed by atoms with van der Waals surface area (Å²) in [6.07, 6.45) is 0. The van der Waals surface area contributed by atoms with E-state index in [0.29, 0.717) is 19.5 Å². The van der Waals surface area contributed by atoms with Crippen molar-refractivity contribution in [3.8, 4) is 111 Å². The molecule has 14 aromatic rings. The molecule has 0 radical (unpaired) electrons. The highest BCUT2D eigenvalue weighted by atomic mass is 32.1. The van der Waals surface area contributed by atoms with Crippen molar-refractivity contribution in [2.45, 2.75) is 79.1 Å². The maximum Gasteiger partial charge on any atom is 0.300 e. The van der Waals surface area contributed by atoms with Gasteiger partial charge in [0.1, 0.15) is 0 Å². The van der Waals surface area contributed by atoms with Crippen LogP contribution in [0.3, 0.4) is 0 Å². The molecule has 18 heteroatoms. The summed E-state index contributed by atoms with van der Waals surface area (Å²) in [6, 6.07) is 50.2. The van der Waals surface area contributed by atoms with E-state index in [0.717, 1.165) is 64.1 Å². The van der Waals surface area contributed by atoms with E-state index in [-0.39, 0.29) is 77.9 Å². The largest absolute Gasteiger partial charge is 0.300 e. The topological polar surface area (TPSA) is 0 Å². The van der Waals surface area contributed by atoms with E-state index in [2.05, 4.69) is 88.4 Å². The minimum atomic E-state index is -3.28. The van der Waals surface area contributed by atoms with Crippen molar-refractivity contribution in [1.29, 1.82) is 0 Å². The summed E-state index contributed by atoms with van der Waals surface area (Å²) in [5, 5.41) is 0. The van der Waals surface area contributed by atoms with Crippen LogP contribution in [0.1, 0.15) is 86.3 Å². The van der Waals surface area contributed by atoms with E-state index < -0.39 is 23.7 Å². The predicted octanol–water partition coefficient (Wildman–Crippen LogP) is 28.3. The van der Waals surface area contributed by atoms with Gasteiger partial charge >= 0.3 is 23.7 Å². The van der Waals surface area contributed by atoms with Crippen molar-refractivity contribution in [3.63, 3.8) is 0 Å². The Morgan fingerprint density at radius 1 is 0.234 bits per heavy atom. The number of hydrogen-bond donors (Lipinski definition) is 0. The molecule has 0 nitrogen and oxygen atoms in total. The number of alkyl halides is 8. The van der Waals surface area contributed by atoms with Crippen molar-refractivity contribution < 1.29 is 35.1 Å². The molecule has 470 valence electrons. The zero-order chi connectivity index (χ0) is 65.4. The maximum atomic E-state index is 16.5. The zero-order valence-corrected chi connectivity index (χ0v) is 59.3. The first kappa shape index (κ1) is 62.1. The molecular formula is C76H50F8S10. The Kier molecular flexibility index (Phi) is 14.8. The van der Waals surface area contributed by atoms with Crippen LogP contribution >= 0.6 is 113 Å². The highest BCUT2D eigenvalue weighted by molar-refractivity contribution is 7.28. The average Bonchev–Trinajstić information content (AvgIpc) is 1.52. The molecule has 0 N–H and O–H groups in total. The highest BCUT2D eigenvalue weighted by Crippen LogP contribution is 2.67. The van der Waals surface area contributed by atoms with Gasteiger partial charge in [-0.3, -0.25) is 0 Å². The molecular weight excluding hydrogens is 1390 g/mol. The van der Waals surface area contributed by atoms with Crippen molar-refractivity contribution in [1.82, 2.24) is 0 Å². The third-order valence-corrected chi connectivity index (χ3v) is 29.6. The van der Waals surface area contributed by atoms with E-state index in [4.69, 9.17) is 0 Å². The molecule has 0 saturated carbocycles. The Balaban J connectivity index is 0.000000128. The molecule has 18 rings (SSSR count). The van der Waals surface area contributed by atoms with Gasteiger partial charge in [-0.15, -0.1) is 113 Å². The summed E-state index contributed by atoms with van der Waals surface area (Å²) in [4.78, 5) is 17.9. The second-order valence-electron chi connectivity index (χ2n) is 24.1. The average molecular weight is 1440 g/mol. The van der Waals surface area contributed by atoms with E-state index >= 15 is 35.1 Å². The molecule has 0 spiro atoms. The Morgan fingerprint density at radius 3 is 0.926 bits per heavy atom. The van der Waals surface area contributed by atoms with E-state index in [1.165, 1.54) is 106 Å². The van der Waals surface area contributed by atoms with Gasteiger partial charge < -0.3 is 0 Å². The minimum absolute atomic E-state index is 0.0729. The van der Waals surface area contributed by atoms with Gasteiger partial charge in [-0.1, -0.05) is 59.7 Å². The highest BCUT2D eigenvalue weighted by Gasteiger charge is 2.56. The molecule has 0 amide bonds. The fourth-order valence-corrected chi connectivity index (χ4v) is 24.1.